The molecule has 1 aliphatic carbocycles. The van der Waals surface area contributed by atoms with E-state index in [0.717, 1.165) is 42.3 Å². The largest absolute Gasteiger partial charge is 0.493 e. The molecule has 2 heterocycles. The van der Waals surface area contributed by atoms with Gasteiger partial charge in [-0.05, 0) is 25.0 Å². The molecule has 1 saturated heterocycles. The van der Waals surface area contributed by atoms with Gasteiger partial charge in [-0.25, -0.2) is 0 Å². The lowest BCUT2D eigenvalue weighted by molar-refractivity contribution is -0.185. The number of benzene rings is 1. The molecule has 4 rings (SSSR count). The van der Waals surface area contributed by atoms with Crippen molar-refractivity contribution in [2.75, 3.05) is 27.4 Å². The van der Waals surface area contributed by atoms with Gasteiger partial charge in [0, 0.05) is 30.5 Å². The Morgan fingerprint density at radius 2 is 1.68 bits per heavy atom. The van der Waals surface area contributed by atoms with Crippen molar-refractivity contribution >= 4 is 10.9 Å². The molecule has 6 heteroatoms. The van der Waals surface area contributed by atoms with E-state index < -0.39 is 0 Å². The fourth-order valence-electron chi connectivity index (χ4n) is 3.66. The second-order valence-corrected chi connectivity index (χ2v) is 6.46. The minimum absolute atomic E-state index is 0.150. The fourth-order valence-corrected chi connectivity index (χ4v) is 3.66. The number of fused-ring (bicyclic) bond motifs is 1. The maximum absolute atomic E-state index is 6.30. The Morgan fingerprint density at radius 3 is 2.36 bits per heavy atom. The number of nitrogens with zero attached hydrogens (tertiary/aromatic N) is 1. The number of ether oxygens (including phenoxy) is 5. The lowest BCUT2D eigenvalue weighted by Gasteiger charge is -2.35. The van der Waals surface area contributed by atoms with Crippen LogP contribution in [0.15, 0.2) is 24.4 Å². The van der Waals surface area contributed by atoms with Crippen LogP contribution in [0.25, 0.3) is 10.9 Å². The fraction of sp³-hybridized carbons (Fsp3) is 0.526. The Balaban J connectivity index is 1.55. The van der Waals surface area contributed by atoms with Crippen LogP contribution in [0.2, 0.25) is 0 Å². The molecule has 0 N–H and O–H groups in total. The van der Waals surface area contributed by atoms with E-state index in [1.54, 1.807) is 20.4 Å². The molecule has 2 aromatic rings. The summed E-state index contributed by atoms with van der Waals surface area (Å²) in [5.41, 5.74) is 0.824. The van der Waals surface area contributed by atoms with Crippen molar-refractivity contribution in [1.29, 1.82) is 0 Å². The molecule has 2 aliphatic rings. The smallest absolute Gasteiger partial charge is 0.168 e. The highest BCUT2D eigenvalue weighted by Crippen LogP contribution is 2.39. The summed E-state index contributed by atoms with van der Waals surface area (Å²) in [6.45, 7) is 1.39. The summed E-state index contributed by atoms with van der Waals surface area (Å²) >= 11 is 0. The molecule has 25 heavy (non-hydrogen) atoms. The van der Waals surface area contributed by atoms with Crippen molar-refractivity contribution < 1.29 is 23.7 Å². The monoisotopic (exact) mass is 345 g/mol. The lowest BCUT2D eigenvalue weighted by Crippen LogP contribution is -2.38. The quantitative estimate of drug-likeness (QED) is 0.847. The summed E-state index contributed by atoms with van der Waals surface area (Å²) < 4.78 is 28.6. The predicted octanol–water partition coefficient (Wildman–Crippen LogP) is 3.32. The van der Waals surface area contributed by atoms with Crippen LogP contribution in [0.5, 0.6) is 17.2 Å². The maximum atomic E-state index is 6.30. The summed E-state index contributed by atoms with van der Waals surface area (Å²) in [5, 5.41) is 0.925. The van der Waals surface area contributed by atoms with E-state index in [-0.39, 0.29) is 11.9 Å². The summed E-state index contributed by atoms with van der Waals surface area (Å²) in [5.74, 6) is 1.79. The van der Waals surface area contributed by atoms with E-state index in [9.17, 15) is 0 Å². The number of rotatable bonds is 4. The van der Waals surface area contributed by atoms with Gasteiger partial charge < -0.3 is 23.7 Å². The first-order chi connectivity index (χ1) is 12.2. The lowest BCUT2D eigenvalue weighted by atomic mass is 9.91. The molecule has 6 nitrogen and oxygen atoms in total. The molecule has 2 fully saturated rings. The van der Waals surface area contributed by atoms with Gasteiger partial charge >= 0.3 is 0 Å². The second kappa shape index (κ2) is 6.69. The summed E-state index contributed by atoms with van der Waals surface area (Å²) in [6, 6.07) is 5.70. The third-order valence-electron chi connectivity index (χ3n) is 5.01. The first-order valence-corrected chi connectivity index (χ1v) is 8.68. The van der Waals surface area contributed by atoms with E-state index in [4.69, 9.17) is 23.7 Å². The molecule has 134 valence electrons. The highest BCUT2D eigenvalue weighted by atomic mass is 16.7. The highest BCUT2D eigenvalue weighted by molar-refractivity contribution is 5.88. The molecule has 0 unspecified atom stereocenters. The zero-order chi connectivity index (χ0) is 17.3. The van der Waals surface area contributed by atoms with Gasteiger partial charge in [0.2, 0.25) is 0 Å². The van der Waals surface area contributed by atoms with Crippen molar-refractivity contribution in [3.05, 3.63) is 24.4 Å². The molecular formula is C19H23NO5. The molecule has 1 spiro atoms. The van der Waals surface area contributed by atoms with Gasteiger partial charge in [-0.3, -0.25) is 4.98 Å². The van der Waals surface area contributed by atoms with Crippen LogP contribution in [0, 0.1) is 0 Å². The van der Waals surface area contributed by atoms with E-state index in [2.05, 4.69) is 4.98 Å². The van der Waals surface area contributed by atoms with Gasteiger partial charge in [0.05, 0.1) is 39.1 Å². The van der Waals surface area contributed by atoms with Gasteiger partial charge in [-0.1, -0.05) is 0 Å². The standard InChI is InChI=1S/C19H23NO5/c1-21-17-11-14-15(12-18(17)22-2)20-8-5-16(14)25-13-3-6-19(7-4-13)23-9-10-24-19/h5,8,11-13H,3-4,6-7,9-10H2,1-2H3. The Bertz CT molecular complexity index is 747. The third kappa shape index (κ3) is 3.12. The van der Waals surface area contributed by atoms with Crippen molar-refractivity contribution in [1.82, 2.24) is 4.98 Å². The van der Waals surface area contributed by atoms with Gasteiger partial charge in [-0.15, -0.1) is 0 Å². The van der Waals surface area contributed by atoms with Crippen LogP contribution in [-0.2, 0) is 9.47 Å². The van der Waals surface area contributed by atoms with Crippen LogP contribution >= 0.6 is 0 Å². The Hall–Kier alpha value is -2.05. The molecule has 1 saturated carbocycles. The van der Waals surface area contributed by atoms with Crippen LogP contribution in [0.3, 0.4) is 0 Å². The first kappa shape index (κ1) is 16.4. The topological polar surface area (TPSA) is 59.0 Å². The van der Waals surface area contributed by atoms with E-state index in [1.807, 2.05) is 18.2 Å². The van der Waals surface area contributed by atoms with Gasteiger partial charge in [-0.2, -0.15) is 0 Å². The van der Waals surface area contributed by atoms with Gasteiger partial charge in [0.15, 0.2) is 17.3 Å². The second-order valence-electron chi connectivity index (χ2n) is 6.46. The van der Waals surface area contributed by atoms with Crippen molar-refractivity contribution in [3.8, 4) is 17.2 Å². The molecule has 1 aliphatic heterocycles. The van der Waals surface area contributed by atoms with E-state index >= 15 is 0 Å². The average Bonchev–Trinajstić information content (AvgIpc) is 3.11. The SMILES string of the molecule is COc1cc2nccc(OC3CCC4(CC3)OCCO4)c2cc1OC. The normalized spacial score (nSPS) is 20.1. The summed E-state index contributed by atoms with van der Waals surface area (Å²) in [6.07, 6.45) is 5.48. The third-order valence-corrected chi connectivity index (χ3v) is 5.01. The number of hydrogen-bond donors (Lipinski definition) is 0. The molecule has 0 amide bonds. The first-order valence-electron chi connectivity index (χ1n) is 8.68. The van der Waals surface area contributed by atoms with Crippen molar-refractivity contribution in [3.63, 3.8) is 0 Å². The van der Waals surface area contributed by atoms with Gasteiger partial charge in [0.25, 0.3) is 0 Å². The van der Waals surface area contributed by atoms with Crippen LogP contribution in [-0.4, -0.2) is 44.3 Å². The van der Waals surface area contributed by atoms with Crippen molar-refractivity contribution in [2.45, 2.75) is 37.6 Å². The number of methoxy groups -OCH3 is 2. The van der Waals surface area contributed by atoms with E-state index in [1.165, 1.54) is 0 Å². The number of aromatic nitrogens is 1. The number of pyridine rings is 1. The molecule has 1 aromatic carbocycles. The Labute approximate surface area is 147 Å². The minimum Gasteiger partial charge on any atom is -0.493 e. The molecular weight excluding hydrogens is 322 g/mol. The Morgan fingerprint density at radius 1 is 1.00 bits per heavy atom. The maximum Gasteiger partial charge on any atom is 0.168 e. The zero-order valence-electron chi connectivity index (χ0n) is 14.6. The molecule has 0 atom stereocenters. The predicted molar refractivity (Wildman–Crippen MR) is 92.4 cm³/mol. The van der Waals surface area contributed by atoms with Gasteiger partial charge in [0.1, 0.15) is 5.75 Å². The van der Waals surface area contributed by atoms with Crippen molar-refractivity contribution in [2.24, 2.45) is 0 Å². The Kier molecular flexibility index (Phi) is 4.39. The number of hydrogen-bond acceptors (Lipinski definition) is 6. The van der Waals surface area contributed by atoms with Crippen LogP contribution < -0.4 is 14.2 Å². The molecule has 0 bridgehead atoms. The van der Waals surface area contributed by atoms with Crippen LogP contribution in [0.4, 0.5) is 0 Å². The summed E-state index contributed by atoms with van der Waals surface area (Å²) in [4.78, 5) is 4.42. The summed E-state index contributed by atoms with van der Waals surface area (Å²) in [7, 11) is 3.25. The van der Waals surface area contributed by atoms with E-state index in [0.29, 0.717) is 24.7 Å². The molecule has 0 radical (unpaired) electrons. The molecule has 1 aromatic heterocycles. The minimum atomic E-state index is -0.364. The zero-order valence-corrected chi connectivity index (χ0v) is 14.6. The highest BCUT2D eigenvalue weighted by Gasteiger charge is 2.40. The average molecular weight is 345 g/mol. The van der Waals surface area contributed by atoms with Crippen LogP contribution in [0.1, 0.15) is 25.7 Å².